The molecule has 0 unspecified atom stereocenters. The summed E-state index contributed by atoms with van der Waals surface area (Å²) in [6, 6.07) is 11.2. The van der Waals surface area contributed by atoms with Gasteiger partial charge in [0.2, 0.25) is 0 Å². The number of hydrogen-bond donors (Lipinski definition) is 1. The molecule has 2 aromatic rings. The first-order valence-electron chi connectivity index (χ1n) is 6.77. The number of hydrogen-bond acceptors (Lipinski definition) is 5. The van der Waals surface area contributed by atoms with Crippen LogP contribution in [-0.2, 0) is 9.59 Å². The molecule has 1 aliphatic heterocycles. The molecule has 0 aliphatic carbocycles. The molecule has 1 amide bonds. The van der Waals surface area contributed by atoms with Gasteiger partial charge in [-0.2, -0.15) is 0 Å². The molecule has 1 aromatic heterocycles. The molecule has 122 valence electrons. The number of carboxylic acid groups (broad SMARTS) is 1. The summed E-state index contributed by atoms with van der Waals surface area (Å²) in [4.78, 5) is 24.4. The fourth-order valence-electron chi connectivity index (χ4n) is 2.14. The van der Waals surface area contributed by atoms with Gasteiger partial charge in [-0.15, -0.1) is 0 Å². The maximum Gasteiger partial charge on any atom is 0.323 e. The number of nitrogens with zero attached hydrogens (tertiary/aromatic N) is 1. The van der Waals surface area contributed by atoms with E-state index in [1.165, 1.54) is 0 Å². The van der Waals surface area contributed by atoms with Gasteiger partial charge in [0.05, 0.1) is 4.91 Å². The van der Waals surface area contributed by atoms with Crippen molar-refractivity contribution in [1.82, 2.24) is 4.90 Å². The zero-order valence-corrected chi connectivity index (χ0v) is 15.3. The minimum atomic E-state index is -1.11. The van der Waals surface area contributed by atoms with E-state index in [1.807, 2.05) is 30.3 Å². The summed E-state index contributed by atoms with van der Waals surface area (Å²) in [5, 5.41) is 8.84. The molecule has 0 radical (unpaired) electrons. The van der Waals surface area contributed by atoms with E-state index in [4.69, 9.17) is 21.7 Å². The summed E-state index contributed by atoms with van der Waals surface area (Å²) in [5.74, 6) is -0.376. The molecule has 1 N–H and O–H groups in total. The SMILES string of the molecule is O=C(O)CN1C(=O)/C(=C/c2ccc(-c3ccccc3Br)o2)SC1=S. The van der Waals surface area contributed by atoms with Gasteiger partial charge < -0.3 is 9.52 Å². The molecule has 5 nitrogen and oxygen atoms in total. The number of carbonyl (C=O) groups excluding carboxylic acids is 1. The summed E-state index contributed by atoms with van der Waals surface area (Å²) in [6.45, 7) is -0.442. The molecule has 0 bridgehead atoms. The average molecular weight is 424 g/mol. The van der Waals surface area contributed by atoms with Crippen molar-refractivity contribution < 1.29 is 19.1 Å². The van der Waals surface area contributed by atoms with Gasteiger partial charge in [-0.1, -0.05) is 58.1 Å². The Bertz CT molecular complexity index is 874. The minimum absolute atomic E-state index is 0.228. The third-order valence-corrected chi connectivity index (χ3v) is 5.28. The Kier molecular flexibility index (Phi) is 4.88. The Morgan fingerprint density at radius 1 is 1.33 bits per heavy atom. The third-order valence-electron chi connectivity index (χ3n) is 3.21. The molecule has 8 heteroatoms. The first-order valence-corrected chi connectivity index (χ1v) is 8.79. The number of amides is 1. The quantitative estimate of drug-likeness (QED) is 0.591. The molecule has 2 heterocycles. The summed E-state index contributed by atoms with van der Waals surface area (Å²) in [7, 11) is 0. The van der Waals surface area contributed by atoms with Crippen LogP contribution in [0.25, 0.3) is 17.4 Å². The summed E-state index contributed by atoms with van der Waals surface area (Å²) in [5.41, 5.74) is 0.899. The molecule has 1 aromatic carbocycles. The van der Waals surface area contributed by atoms with Gasteiger partial charge in [0.15, 0.2) is 0 Å². The number of furan rings is 1. The van der Waals surface area contributed by atoms with E-state index >= 15 is 0 Å². The highest BCUT2D eigenvalue weighted by Crippen LogP contribution is 2.34. The molecule has 3 rings (SSSR count). The Balaban J connectivity index is 1.85. The molecule has 0 spiro atoms. The van der Waals surface area contributed by atoms with E-state index in [0.29, 0.717) is 16.4 Å². The van der Waals surface area contributed by atoms with Gasteiger partial charge in [0, 0.05) is 16.1 Å². The van der Waals surface area contributed by atoms with Crippen LogP contribution < -0.4 is 0 Å². The molecule has 1 saturated heterocycles. The number of carboxylic acids is 1. The van der Waals surface area contributed by atoms with Gasteiger partial charge in [0.1, 0.15) is 22.4 Å². The van der Waals surface area contributed by atoms with E-state index in [-0.39, 0.29) is 4.32 Å². The van der Waals surface area contributed by atoms with E-state index in [9.17, 15) is 9.59 Å². The second kappa shape index (κ2) is 6.92. The van der Waals surface area contributed by atoms with Crippen molar-refractivity contribution in [2.24, 2.45) is 0 Å². The van der Waals surface area contributed by atoms with Gasteiger partial charge in [0.25, 0.3) is 5.91 Å². The van der Waals surface area contributed by atoms with Crippen LogP contribution in [-0.4, -0.2) is 32.7 Å². The predicted molar refractivity (Wildman–Crippen MR) is 99.4 cm³/mol. The molecular formula is C16H10BrNO4S2. The van der Waals surface area contributed by atoms with Gasteiger partial charge in [-0.25, -0.2) is 0 Å². The predicted octanol–water partition coefficient (Wildman–Crippen LogP) is 3.99. The molecular weight excluding hydrogens is 414 g/mol. The van der Waals surface area contributed by atoms with Crippen LogP contribution in [0.4, 0.5) is 0 Å². The molecule has 0 saturated carbocycles. The number of halogens is 1. The van der Waals surface area contributed by atoms with Crippen LogP contribution in [0.15, 0.2) is 50.2 Å². The highest BCUT2D eigenvalue weighted by molar-refractivity contribution is 9.10. The zero-order valence-electron chi connectivity index (χ0n) is 12.1. The second-order valence-electron chi connectivity index (χ2n) is 4.84. The molecule has 24 heavy (non-hydrogen) atoms. The lowest BCUT2D eigenvalue weighted by Crippen LogP contribution is -2.33. The van der Waals surface area contributed by atoms with Crippen LogP contribution in [0.5, 0.6) is 0 Å². The molecule has 1 fully saturated rings. The smallest absolute Gasteiger partial charge is 0.323 e. The number of thiocarbonyl (C=S) groups is 1. The van der Waals surface area contributed by atoms with Crippen LogP contribution in [0.1, 0.15) is 5.76 Å². The van der Waals surface area contributed by atoms with Crippen LogP contribution in [0.2, 0.25) is 0 Å². The van der Waals surface area contributed by atoms with Crippen LogP contribution in [0, 0.1) is 0 Å². The van der Waals surface area contributed by atoms with E-state index in [1.54, 1.807) is 12.1 Å². The third kappa shape index (κ3) is 3.45. The lowest BCUT2D eigenvalue weighted by molar-refractivity contribution is -0.140. The summed E-state index contributed by atoms with van der Waals surface area (Å²) in [6.07, 6.45) is 1.57. The Labute approximate surface area is 155 Å². The number of thioether (sulfide) groups is 1. The van der Waals surface area contributed by atoms with Crippen LogP contribution >= 0.6 is 39.9 Å². The maximum absolute atomic E-state index is 12.2. The monoisotopic (exact) mass is 423 g/mol. The second-order valence-corrected chi connectivity index (χ2v) is 7.37. The minimum Gasteiger partial charge on any atom is -0.480 e. The number of aliphatic carboxylic acids is 1. The summed E-state index contributed by atoms with van der Waals surface area (Å²) >= 11 is 9.58. The van der Waals surface area contributed by atoms with Crippen molar-refractivity contribution in [1.29, 1.82) is 0 Å². The normalized spacial score (nSPS) is 16.2. The maximum atomic E-state index is 12.2. The van der Waals surface area contributed by atoms with Gasteiger partial charge in [-0.3, -0.25) is 14.5 Å². The van der Waals surface area contributed by atoms with E-state index in [2.05, 4.69) is 15.9 Å². The summed E-state index contributed by atoms with van der Waals surface area (Å²) < 4.78 is 6.89. The number of carbonyl (C=O) groups is 2. The first-order chi connectivity index (χ1) is 11.5. The van der Waals surface area contributed by atoms with Crippen molar-refractivity contribution in [2.45, 2.75) is 0 Å². The van der Waals surface area contributed by atoms with Crippen LogP contribution in [0.3, 0.4) is 0 Å². The van der Waals surface area contributed by atoms with E-state index in [0.717, 1.165) is 26.7 Å². The van der Waals surface area contributed by atoms with Crippen molar-refractivity contribution >= 4 is 62.2 Å². The van der Waals surface area contributed by atoms with E-state index < -0.39 is 18.4 Å². The number of rotatable bonds is 4. The molecule has 0 atom stereocenters. The first kappa shape index (κ1) is 16.9. The highest BCUT2D eigenvalue weighted by atomic mass is 79.9. The van der Waals surface area contributed by atoms with Gasteiger partial charge >= 0.3 is 5.97 Å². The van der Waals surface area contributed by atoms with Crippen molar-refractivity contribution in [3.05, 3.63) is 51.5 Å². The number of benzene rings is 1. The van der Waals surface area contributed by atoms with Crippen molar-refractivity contribution in [2.75, 3.05) is 6.54 Å². The Morgan fingerprint density at radius 2 is 2.08 bits per heavy atom. The topological polar surface area (TPSA) is 70.8 Å². The standard InChI is InChI=1S/C16H10BrNO4S2/c17-11-4-2-1-3-10(11)12-6-5-9(22-12)7-13-15(21)18(8-14(19)20)16(23)24-13/h1-7H,8H2,(H,19,20)/b13-7-. The lowest BCUT2D eigenvalue weighted by Gasteiger charge is -2.09. The Morgan fingerprint density at radius 3 is 2.79 bits per heavy atom. The van der Waals surface area contributed by atoms with Gasteiger partial charge in [-0.05, 0) is 18.2 Å². The average Bonchev–Trinajstić information content (AvgIpc) is 3.08. The van der Waals surface area contributed by atoms with Crippen molar-refractivity contribution in [3.63, 3.8) is 0 Å². The largest absolute Gasteiger partial charge is 0.480 e. The van der Waals surface area contributed by atoms with Crippen molar-refractivity contribution in [3.8, 4) is 11.3 Å². The fraction of sp³-hybridized carbons (Fsp3) is 0.0625. The fourth-order valence-corrected chi connectivity index (χ4v) is 3.85. The molecule has 1 aliphatic rings. The zero-order chi connectivity index (χ0) is 17.3. The Hall–Kier alpha value is -1.90. The lowest BCUT2D eigenvalue weighted by atomic mass is 10.2. The highest BCUT2D eigenvalue weighted by Gasteiger charge is 2.33.